The van der Waals surface area contributed by atoms with E-state index in [-0.39, 0.29) is 24.9 Å². The molecule has 0 bridgehead atoms. The molecule has 0 aliphatic rings. The second-order valence-electron chi connectivity index (χ2n) is 7.21. The lowest BCUT2D eigenvalue weighted by molar-refractivity contribution is -0.207. The van der Waals surface area contributed by atoms with Crippen molar-refractivity contribution >= 4 is 11.7 Å². The van der Waals surface area contributed by atoms with Gasteiger partial charge in [0.15, 0.2) is 6.29 Å². The minimum atomic E-state index is -1.71. The topological polar surface area (TPSA) is 157 Å². The molecule has 0 spiro atoms. The number of ketones is 1. The zero-order valence-electron chi connectivity index (χ0n) is 16.9. The molecule has 0 aromatic carbocycles. The molecule has 0 fully saturated rings. The van der Waals surface area contributed by atoms with Gasteiger partial charge < -0.3 is 40.4 Å². The van der Waals surface area contributed by atoms with Crippen molar-refractivity contribution in [2.24, 2.45) is 5.92 Å². The van der Waals surface area contributed by atoms with Gasteiger partial charge in [0.05, 0.1) is 6.10 Å². The standard InChI is InChI=1S/C19H37NO8/c1-13(12-21)16(24)17(25)18(26)19(27)28-11-7-5-9-15(23)20-10-6-3-4-8-14(2)22/h13,16-19,21,24-27H,3-12H2,1-2H3,(H,20,23). The third-order valence-electron chi connectivity index (χ3n) is 4.48. The molecule has 0 aliphatic carbocycles. The molecular formula is C19H37NO8. The maximum atomic E-state index is 11.7. The average Bonchev–Trinajstić information content (AvgIpc) is 2.67. The molecule has 28 heavy (non-hydrogen) atoms. The van der Waals surface area contributed by atoms with Crippen LogP contribution in [0, 0.1) is 5.92 Å². The number of aliphatic hydroxyl groups excluding tert-OH is 5. The van der Waals surface area contributed by atoms with Gasteiger partial charge >= 0.3 is 0 Å². The number of hydrogen-bond acceptors (Lipinski definition) is 8. The van der Waals surface area contributed by atoms with E-state index in [9.17, 15) is 30.0 Å². The number of nitrogens with one attached hydrogen (secondary N) is 1. The average molecular weight is 408 g/mol. The highest BCUT2D eigenvalue weighted by molar-refractivity contribution is 5.76. The van der Waals surface area contributed by atoms with E-state index in [2.05, 4.69) is 5.32 Å². The number of Topliss-reactive ketones (excluding diaryl/α,β-unsaturated/α-hetero) is 1. The molecule has 9 heteroatoms. The van der Waals surface area contributed by atoms with Crippen molar-refractivity contribution in [3.8, 4) is 0 Å². The van der Waals surface area contributed by atoms with Gasteiger partial charge in [0.25, 0.3) is 0 Å². The Morgan fingerprint density at radius 3 is 2.14 bits per heavy atom. The first-order valence-corrected chi connectivity index (χ1v) is 9.91. The van der Waals surface area contributed by atoms with Crippen LogP contribution in [0.3, 0.4) is 0 Å². The van der Waals surface area contributed by atoms with E-state index in [4.69, 9.17) is 9.84 Å². The second-order valence-corrected chi connectivity index (χ2v) is 7.21. The Labute approximate surface area is 166 Å². The fraction of sp³-hybridized carbons (Fsp3) is 0.895. The molecule has 0 saturated heterocycles. The summed E-state index contributed by atoms with van der Waals surface area (Å²) in [7, 11) is 0. The molecule has 0 aliphatic heterocycles. The Kier molecular flexibility index (Phi) is 15.2. The maximum absolute atomic E-state index is 11.7. The Morgan fingerprint density at radius 2 is 1.54 bits per heavy atom. The predicted octanol–water partition coefficient (Wildman–Crippen LogP) is -0.532. The van der Waals surface area contributed by atoms with Crippen LogP contribution in [0.25, 0.3) is 0 Å². The van der Waals surface area contributed by atoms with Gasteiger partial charge in [-0.05, 0) is 32.6 Å². The molecule has 166 valence electrons. The summed E-state index contributed by atoms with van der Waals surface area (Å²) in [5.41, 5.74) is 0. The summed E-state index contributed by atoms with van der Waals surface area (Å²) in [6.07, 6.45) is -2.00. The number of aliphatic hydroxyl groups is 5. The second kappa shape index (κ2) is 15.8. The SMILES string of the molecule is CC(=O)CCCCCNC(=O)CCCCOC(O)C(O)C(O)C(O)C(C)CO. The van der Waals surface area contributed by atoms with E-state index >= 15 is 0 Å². The molecule has 0 aromatic heterocycles. The Morgan fingerprint density at radius 1 is 0.893 bits per heavy atom. The highest BCUT2D eigenvalue weighted by Gasteiger charge is 2.33. The normalized spacial score (nSPS) is 16.8. The van der Waals surface area contributed by atoms with Crippen molar-refractivity contribution in [1.82, 2.24) is 5.32 Å². The minimum Gasteiger partial charge on any atom is -0.396 e. The fourth-order valence-electron chi connectivity index (χ4n) is 2.50. The summed E-state index contributed by atoms with van der Waals surface area (Å²) < 4.78 is 5.03. The van der Waals surface area contributed by atoms with Crippen LogP contribution in [0.1, 0.15) is 58.8 Å². The van der Waals surface area contributed by atoms with Crippen molar-refractivity contribution in [2.45, 2.75) is 83.4 Å². The quantitative estimate of drug-likeness (QED) is 0.139. The Hall–Kier alpha value is -1.10. The summed E-state index contributed by atoms with van der Waals surface area (Å²) in [5, 5.41) is 50.7. The first-order valence-electron chi connectivity index (χ1n) is 9.91. The lowest BCUT2D eigenvalue weighted by atomic mass is 9.97. The summed E-state index contributed by atoms with van der Waals surface area (Å²) in [6, 6.07) is 0. The van der Waals surface area contributed by atoms with Crippen LogP contribution in [0.15, 0.2) is 0 Å². The highest BCUT2D eigenvalue weighted by Crippen LogP contribution is 2.13. The van der Waals surface area contributed by atoms with Crippen molar-refractivity contribution in [3.05, 3.63) is 0 Å². The van der Waals surface area contributed by atoms with Crippen LogP contribution < -0.4 is 5.32 Å². The molecule has 0 rings (SSSR count). The first-order chi connectivity index (χ1) is 13.2. The third-order valence-corrected chi connectivity index (χ3v) is 4.48. The van der Waals surface area contributed by atoms with Gasteiger partial charge in [-0.25, -0.2) is 0 Å². The predicted molar refractivity (Wildman–Crippen MR) is 102 cm³/mol. The number of hydrogen-bond donors (Lipinski definition) is 6. The number of ether oxygens (including phenoxy) is 1. The van der Waals surface area contributed by atoms with Crippen molar-refractivity contribution in [3.63, 3.8) is 0 Å². The van der Waals surface area contributed by atoms with Crippen molar-refractivity contribution < 1.29 is 39.9 Å². The molecule has 5 atom stereocenters. The monoisotopic (exact) mass is 407 g/mol. The molecule has 0 aromatic rings. The van der Waals surface area contributed by atoms with E-state index in [1.165, 1.54) is 6.92 Å². The number of amides is 1. The zero-order valence-corrected chi connectivity index (χ0v) is 16.9. The summed E-state index contributed by atoms with van der Waals surface area (Å²) in [6.45, 7) is 3.33. The first kappa shape index (κ1) is 26.9. The molecule has 5 unspecified atom stereocenters. The van der Waals surface area contributed by atoms with E-state index in [0.29, 0.717) is 32.2 Å². The zero-order chi connectivity index (χ0) is 21.5. The molecule has 0 radical (unpaired) electrons. The summed E-state index contributed by atoms with van der Waals surface area (Å²) >= 11 is 0. The Bertz CT molecular complexity index is 434. The lowest BCUT2D eigenvalue weighted by Crippen LogP contribution is -2.48. The van der Waals surface area contributed by atoms with Gasteiger partial charge in [0.1, 0.15) is 18.0 Å². The summed E-state index contributed by atoms with van der Waals surface area (Å²) in [4.78, 5) is 22.5. The highest BCUT2D eigenvalue weighted by atomic mass is 16.6. The number of unbranched alkanes of at least 4 members (excludes halogenated alkanes) is 3. The van der Waals surface area contributed by atoms with Crippen LogP contribution in [0.4, 0.5) is 0 Å². The molecule has 0 saturated carbocycles. The van der Waals surface area contributed by atoms with Gasteiger partial charge in [-0.1, -0.05) is 13.3 Å². The van der Waals surface area contributed by atoms with Crippen LogP contribution in [-0.2, 0) is 14.3 Å². The number of rotatable bonds is 17. The van der Waals surface area contributed by atoms with Gasteiger partial charge in [-0.15, -0.1) is 0 Å². The van der Waals surface area contributed by atoms with Crippen molar-refractivity contribution in [2.75, 3.05) is 19.8 Å². The van der Waals surface area contributed by atoms with Crippen LogP contribution >= 0.6 is 0 Å². The molecule has 0 heterocycles. The van der Waals surface area contributed by atoms with Crippen molar-refractivity contribution in [1.29, 1.82) is 0 Å². The Balaban J connectivity index is 3.77. The third kappa shape index (κ3) is 12.4. The van der Waals surface area contributed by atoms with E-state index in [1.807, 2.05) is 0 Å². The molecule has 6 N–H and O–H groups in total. The largest absolute Gasteiger partial charge is 0.396 e. The lowest BCUT2D eigenvalue weighted by Gasteiger charge is -2.28. The molecule has 9 nitrogen and oxygen atoms in total. The van der Waals surface area contributed by atoms with Crippen LogP contribution in [0.2, 0.25) is 0 Å². The van der Waals surface area contributed by atoms with Crippen LogP contribution in [-0.4, -0.2) is 81.6 Å². The van der Waals surface area contributed by atoms with E-state index in [1.54, 1.807) is 6.92 Å². The van der Waals surface area contributed by atoms with Gasteiger partial charge in [-0.2, -0.15) is 0 Å². The number of carbonyl (C=O) groups is 2. The smallest absolute Gasteiger partial charge is 0.219 e. The van der Waals surface area contributed by atoms with Crippen LogP contribution in [0.5, 0.6) is 0 Å². The van der Waals surface area contributed by atoms with Gasteiger partial charge in [0, 0.05) is 38.5 Å². The molecule has 1 amide bonds. The fourth-order valence-corrected chi connectivity index (χ4v) is 2.50. The molecular weight excluding hydrogens is 370 g/mol. The van der Waals surface area contributed by atoms with E-state index < -0.39 is 30.5 Å². The van der Waals surface area contributed by atoms with Gasteiger partial charge in [0.2, 0.25) is 5.91 Å². The van der Waals surface area contributed by atoms with E-state index in [0.717, 1.165) is 19.3 Å². The maximum Gasteiger partial charge on any atom is 0.219 e. The minimum absolute atomic E-state index is 0.0783. The summed E-state index contributed by atoms with van der Waals surface area (Å²) in [5.74, 6) is -0.567. The number of carbonyl (C=O) groups excluding carboxylic acids is 2. The van der Waals surface area contributed by atoms with Gasteiger partial charge in [-0.3, -0.25) is 4.79 Å².